The van der Waals surface area contributed by atoms with E-state index in [1.807, 2.05) is 6.07 Å². The number of benzene rings is 2. The monoisotopic (exact) mass is 533 g/mol. The number of nitrogens with zero attached hydrogens (tertiary/aromatic N) is 2. The van der Waals surface area contributed by atoms with E-state index in [1.165, 1.54) is 35.2 Å². The van der Waals surface area contributed by atoms with Gasteiger partial charge < -0.3 is 15.0 Å². The Morgan fingerprint density at radius 1 is 1.16 bits per heavy atom. The van der Waals surface area contributed by atoms with Gasteiger partial charge in [0.2, 0.25) is 0 Å². The van der Waals surface area contributed by atoms with Crippen molar-refractivity contribution in [3.8, 4) is 0 Å². The average Bonchev–Trinajstić information content (AvgIpc) is 3.67. The predicted octanol–water partition coefficient (Wildman–Crippen LogP) is 4.61. The van der Waals surface area contributed by atoms with Crippen molar-refractivity contribution in [1.82, 2.24) is 14.9 Å². The molecule has 1 aliphatic carbocycles. The van der Waals surface area contributed by atoms with Crippen LogP contribution in [0.15, 0.2) is 58.2 Å². The van der Waals surface area contributed by atoms with Crippen LogP contribution >= 0.6 is 11.8 Å². The molecular formula is C26H23F4N3O3S. The number of hydrogen-bond acceptors (Lipinski definition) is 5. The molecule has 0 bridgehead atoms. The molecule has 1 aromatic heterocycles. The van der Waals surface area contributed by atoms with Crippen LogP contribution in [0.4, 0.5) is 17.6 Å². The van der Waals surface area contributed by atoms with E-state index in [1.54, 1.807) is 6.07 Å². The maximum atomic E-state index is 13.8. The van der Waals surface area contributed by atoms with Gasteiger partial charge in [-0.05, 0) is 72.8 Å². The third kappa shape index (κ3) is 5.28. The number of halogens is 4. The van der Waals surface area contributed by atoms with Gasteiger partial charge in [-0.2, -0.15) is 13.2 Å². The SMILES string of the molecule is O=C(C(O)c1cccc(SC(F)(F)F)c1)N1CCCc2nc(C3(c4cccc(F)c4)CC3)[nH]c(=O)c2C1. The summed E-state index contributed by atoms with van der Waals surface area (Å²) in [7, 11) is 0. The molecule has 11 heteroatoms. The summed E-state index contributed by atoms with van der Waals surface area (Å²) >= 11 is -0.328. The van der Waals surface area contributed by atoms with Crippen LogP contribution in [-0.4, -0.2) is 37.9 Å². The van der Waals surface area contributed by atoms with Crippen LogP contribution in [0.5, 0.6) is 0 Å². The molecule has 2 N–H and O–H groups in total. The van der Waals surface area contributed by atoms with Gasteiger partial charge in [0, 0.05) is 11.4 Å². The first-order chi connectivity index (χ1) is 17.6. The van der Waals surface area contributed by atoms with Crippen LogP contribution in [0, 0.1) is 5.82 Å². The zero-order chi connectivity index (χ0) is 26.4. The second-order valence-electron chi connectivity index (χ2n) is 9.32. The Hall–Kier alpha value is -3.18. The van der Waals surface area contributed by atoms with Crippen molar-refractivity contribution in [2.24, 2.45) is 0 Å². The Morgan fingerprint density at radius 3 is 2.62 bits per heavy atom. The molecule has 2 aromatic carbocycles. The van der Waals surface area contributed by atoms with Gasteiger partial charge in [-0.15, -0.1) is 0 Å². The summed E-state index contributed by atoms with van der Waals surface area (Å²) in [6.45, 7) is 0.158. The van der Waals surface area contributed by atoms with Crippen molar-refractivity contribution in [2.75, 3.05) is 6.54 Å². The van der Waals surface area contributed by atoms with E-state index >= 15 is 0 Å². The standard InChI is InChI=1S/C26H23F4N3O3S/c27-17-6-2-5-16(13-17)25(9-10-25)24-31-20-8-3-11-33(14-19(20)22(35)32-24)23(36)21(34)15-4-1-7-18(12-15)37-26(28,29)30/h1-2,4-7,12-13,21,34H,3,8-11,14H2,(H,31,32,35). The first-order valence-electron chi connectivity index (χ1n) is 11.8. The van der Waals surface area contributed by atoms with Crippen molar-refractivity contribution in [3.63, 3.8) is 0 Å². The van der Waals surface area contributed by atoms with E-state index in [0.717, 1.165) is 24.5 Å². The third-order valence-electron chi connectivity index (χ3n) is 6.83. The van der Waals surface area contributed by atoms with Crippen molar-refractivity contribution >= 4 is 17.7 Å². The molecule has 6 nitrogen and oxygen atoms in total. The number of aliphatic hydroxyl groups is 1. The van der Waals surface area contributed by atoms with E-state index in [9.17, 15) is 32.3 Å². The summed E-state index contributed by atoms with van der Waals surface area (Å²) in [6.07, 6.45) is 0.687. The molecule has 0 radical (unpaired) electrons. The Bertz CT molecular complexity index is 1400. The lowest BCUT2D eigenvalue weighted by molar-refractivity contribution is -0.141. The number of aliphatic hydroxyl groups excluding tert-OH is 1. The largest absolute Gasteiger partial charge is 0.446 e. The molecule has 37 heavy (non-hydrogen) atoms. The molecule has 1 unspecified atom stereocenters. The number of thioether (sulfide) groups is 1. The maximum absolute atomic E-state index is 13.8. The number of nitrogens with one attached hydrogen (secondary N) is 1. The number of H-pyrrole nitrogens is 1. The number of rotatable bonds is 5. The summed E-state index contributed by atoms with van der Waals surface area (Å²) in [5.41, 5.74) is -3.81. The van der Waals surface area contributed by atoms with Crippen molar-refractivity contribution in [3.05, 3.63) is 92.9 Å². The molecule has 2 aliphatic rings. The van der Waals surface area contributed by atoms with Gasteiger partial charge in [-0.1, -0.05) is 24.3 Å². The summed E-state index contributed by atoms with van der Waals surface area (Å²) in [5.74, 6) is -0.597. The van der Waals surface area contributed by atoms with E-state index in [4.69, 9.17) is 4.98 Å². The minimum Gasteiger partial charge on any atom is -0.378 e. The quantitative estimate of drug-likeness (QED) is 0.370. The van der Waals surface area contributed by atoms with E-state index < -0.39 is 28.5 Å². The number of hydrogen-bond donors (Lipinski definition) is 2. The molecule has 5 rings (SSSR count). The average molecular weight is 534 g/mol. The van der Waals surface area contributed by atoms with Crippen LogP contribution in [0.25, 0.3) is 0 Å². The molecule has 1 atom stereocenters. The number of aromatic nitrogens is 2. The van der Waals surface area contributed by atoms with Crippen molar-refractivity contribution < 1.29 is 27.5 Å². The minimum absolute atomic E-state index is 0.0388. The van der Waals surface area contributed by atoms with Crippen LogP contribution < -0.4 is 5.56 Å². The van der Waals surface area contributed by atoms with Gasteiger partial charge in [-0.3, -0.25) is 9.59 Å². The second-order valence-corrected chi connectivity index (χ2v) is 10.5. The maximum Gasteiger partial charge on any atom is 0.446 e. The zero-order valence-corrected chi connectivity index (χ0v) is 20.3. The zero-order valence-electron chi connectivity index (χ0n) is 19.5. The van der Waals surface area contributed by atoms with E-state index in [-0.39, 0.29) is 41.1 Å². The second kappa shape index (κ2) is 9.60. The van der Waals surface area contributed by atoms with Crippen LogP contribution in [0.1, 0.15) is 53.6 Å². The molecule has 1 aliphatic heterocycles. The Labute approximate surface area is 213 Å². The number of amides is 1. The molecule has 1 fully saturated rings. The lowest BCUT2D eigenvalue weighted by atomic mass is 9.94. The Balaban J connectivity index is 1.38. The van der Waals surface area contributed by atoms with Gasteiger partial charge in [0.25, 0.3) is 11.5 Å². The molecule has 0 saturated heterocycles. The third-order valence-corrected chi connectivity index (χ3v) is 7.55. The number of carbonyl (C=O) groups is 1. The predicted molar refractivity (Wildman–Crippen MR) is 128 cm³/mol. The molecular weight excluding hydrogens is 510 g/mol. The lowest BCUT2D eigenvalue weighted by Crippen LogP contribution is -2.36. The first-order valence-corrected chi connectivity index (χ1v) is 12.6. The smallest absolute Gasteiger partial charge is 0.378 e. The lowest BCUT2D eigenvalue weighted by Gasteiger charge is -2.24. The van der Waals surface area contributed by atoms with Gasteiger partial charge in [0.15, 0.2) is 6.10 Å². The van der Waals surface area contributed by atoms with Crippen molar-refractivity contribution in [1.29, 1.82) is 0 Å². The number of alkyl halides is 3. The highest BCUT2D eigenvalue weighted by molar-refractivity contribution is 8.00. The van der Waals surface area contributed by atoms with E-state index in [2.05, 4.69) is 4.98 Å². The number of aromatic amines is 1. The Morgan fingerprint density at radius 2 is 1.92 bits per heavy atom. The molecule has 194 valence electrons. The molecule has 3 aromatic rings. The summed E-state index contributed by atoms with van der Waals surface area (Å²) < 4.78 is 52.1. The normalized spacial score (nSPS) is 17.6. The molecule has 1 saturated carbocycles. The summed E-state index contributed by atoms with van der Waals surface area (Å²) in [4.78, 5) is 35.0. The number of aryl methyl sites for hydroxylation is 1. The van der Waals surface area contributed by atoms with E-state index in [0.29, 0.717) is 29.9 Å². The minimum atomic E-state index is -4.50. The number of fused-ring (bicyclic) bond motifs is 1. The summed E-state index contributed by atoms with van der Waals surface area (Å²) in [6, 6.07) is 11.4. The first kappa shape index (κ1) is 25.5. The fraction of sp³-hybridized carbons (Fsp3) is 0.346. The highest BCUT2D eigenvalue weighted by atomic mass is 32.2. The Kier molecular flexibility index (Phi) is 6.61. The topological polar surface area (TPSA) is 86.3 Å². The fourth-order valence-corrected chi connectivity index (χ4v) is 5.42. The molecule has 1 amide bonds. The van der Waals surface area contributed by atoms with Crippen LogP contribution in [0.3, 0.4) is 0 Å². The van der Waals surface area contributed by atoms with Crippen LogP contribution in [0.2, 0.25) is 0 Å². The molecule has 0 spiro atoms. The van der Waals surface area contributed by atoms with Crippen LogP contribution in [-0.2, 0) is 23.2 Å². The van der Waals surface area contributed by atoms with Gasteiger partial charge in [-0.25, -0.2) is 9.37 Å². The highest BCUT2D eigenvalue weighted by Gasteiger charge is 2.49. The van der Waals surface area contributed by atoms with Gasteiger partial charge >= 0.3 is 5.51 Å². The van der Waals surface area contributed by atoms with Gasteiger partial charge in [0.05, 0.1) is 23.2 Å². The fourth-order valence-electron chi connectivity index (χ4n) is 4.81. The summed E-state index contributed by atoms with van der Waals surface area (Å²) in [5, 5.41) is 10.7. The highest BCUT2D eigenvalue weighted by Crippen LogP contribution is 2.52. The van der Waals surface area contributed by atoms with Gasteiger partial charge in [0.1, 0.15) is 11.6 Å². The van der Waals surface area contributed by atoms with Crippen molar-refractivity contribution in [2.45, 2.75) is 54.2 Å². The number of carbonyl (C=O) groups excluding carboxylic acids is 1. The molecule has 2 heterocycles.